The van der Waals surface area contributed by atoms with Crippen molar-refractivity contribution in [3.63, 3.8) is 0 Å². The van der Waals surface area contributed by atoms with Gasteiger partial charge in [0.15, 0.2) is 8.32 Å². The molecule has 0 aromatic heterocycles. The molecule has 0 amide bonds. The zero-order valence-corrected chi connectivity index (χ0v) is 12.7. The molecular formula is C14H28OSi. The van der Waals surface area contributed by atoms with Crippen molar-refractivity contribution in [1.82, 2.24) is 0 Å². The first kappa shape index (κ1) is 14.0. The fraction of sp³-hybridized carbons (Fsp3) is 0.857. The molecule has 1 rings (SSSR count). The van der Waals surface area contributed by atoms with Crippen molar-refractivity contribution in [2.45, 2.75) is 77.1 Å². The SMILES string of the molecule is CC(C)(C)[Si](C)(C)OC1CCC=CCCC1. The van der Waals surface area contributed by atoms with Gasteiger partial charge in [-0.15, -0.1) is 0 Å². The summed E-state index contributed by atoms with van der Waals surface area (Å²) in [5.41, 5.74) is 0. The van der Waals surface area contributed by atoms with Crippen LogP contribution < -0.4 is 0 Å². The van der Waals surface area contributed by atoms with Crippen LogP contribution in [0.3, 0.4) is 0 Å². The van der Waals surface area contributed by atoms with Gasteiger partial charge in [0.05, 0.1) is 0 Å². The van der Waals surface area contributed by atoms with Crippen LogP contribution in [0, 0.1) is 0 Å². The van der Waals surface area contributed by atoms with Gasteiger partial charge in [0.2, 0.25) is 0 Å². The third kappa shape index (κ3) is 4.06. The topological polar surface area (TPSA) is 9.23 Å². The van der Waals surface area contributed by atoms with Crippen LogP contribution in [-0.2, 0) is 4.43 Å². The smallest absolute Gasteiger partial charge is 0.192 e. The lowest BCUT2D eigenvalue weighted by Crippen LogP contribution is -2.44. The van der Waals surface area contributed by atoms with E-state index in [4.69, 9.17) is 4.43 Å². The lowest BCUT2D eigenvalue weighted by Gasteiger charge is -2.39. The van der Waals surface area contributed by atoms with Crippen molar-refractivity contribution in [3.8, 4) is 0 Å². The summed E-state index contributed by atoms with van der Waals surface area (Å²) in [6.45, 7) is 11.7. The maximum absolute atomic E-state index is 6.48. The van der Waals surface area contributed by atoms with E-state index in [1.54, 1.807) is 0 Å². The number of hydrogen-bond donors (Lipinski definition) is 0. The second-order valence-corrected chi connectivity index (χ2v) is 11.2. The van der Waals surface area contributed by atoms with Gasteiger partial charge in [0.25, 0.3) is 0 Å². The van der Waals surface area contributed by atoms with Crippen molar-refractivity contribution < 1.29 is 4.43 Å². The minimum atomic E-state index is -1.56. The quantitative estimate of drug-likeness (QED) is 0.493. The van der Waals surface area contributed by atoms with Crippen molar-refractivity contribution in [2.75, 3.05) is 0 Å². The molecular weight excluding hydrogens is 212 g/mol. The Hall–Kier alpha value is -0.0831. The summed E-state index contributed by atoms with van der Waals surface area (Å²) in [4.78, 5) is 0. The molecule has 16 heavy (non-hydrogen) atoms. The third-order valence-electron chi connectivity index (χ3n) is 3.99. The first-order chi connectivity index (χ1) is 7.33. The minimum absolute atomic E-state index is 0.338. The summed E-state index contributed by atoms with van der Waals surface area (Å²) in [5.74, 6) is 0. The maximum atomic E-state index is 6.48. The van der Waals surface area contributed by atoms with Crippen molar-refractivity contribution in [1.29, 1.82) is 0 Å². The minimum Gasteiger partial charge on any atom is -0.414 e. The van der Waals surface area contributed by atoms with Gasteiger partial charge in [-0.25, -0.2) is 0 Å². The van der Waals surface area contributed by atoms with E-state index in [1.807, 2.05) is 0 Å². The highest BCUT2D eigenvalue weighted by molar-refractivity contribution is 6.74. The predicted octanol–water partition coefficient (Wildman–Crippen LogP) is 4.90. The van der Waals surface area contributed by atoms with Crippen molar-refractivity contribution in [2.24, 2.45) is 0 Å². The van der Waals surface area contributed by atoms with Gasteiger partial charge < -0.3 is 4.43 Å². The fourth-order valence-electron chi connectivity index (χ4n) is 1.84. The van der Waals surface area contributed by atoms with E-state index in [1.165, 1.54) is 32.1 Å². The molecule has 0 N–H and O–H groups in total. The molecule has 1 aliphatic rings. The molecule has 0 aromatic carbocycles. The molecule has 0 spiro atoms. The first-order valence-electron chi connectivity index (χ1n) is 6.66. The molecule has 0 saturated heterocycles. The Bertz CT molecular complexity index is 238. The van der Waals surface area contributed by atoms with Gasteiger partial charge in [-0.3, -0.25) is 0 Å². The molecule has 0 saturated carbocycles. The third-order valence-corrected chi connectivity index (χ3v) is 8.52. The lowest BCUT2D eigenvalue weighted by atomic mass is 10.0. The van der Waals surface area contributed by atoms with Crippen LogP contribution in [0.15, 0.2) is 12.2 Å². The van der Waals surface area contributed by atoms with Crippen LogP contribution in [0.5, 0.6) is 0 Å². The molecule has 0 radical (unpaired) electrons. The Morgan fingerprint density at radius 3 is 2.31 bits per heavy atom. The Kier molecular flexibility index (Phi) is 4.81. The summed E-state index contributed by atoms with van der Waals surface area (Å²) in [7, 11) is -1.56. The standard InChI is InChI=1S/C14H28OSi/c1-14(2,3)16(4,5)15-13-11-9-7-6-8-10-12-13/h6-7,13H,8-12H2,1-5H3. The van der Waals surface area contributed by atoms with Crippen LogP contribution >= 0.6 is 0 Å². The van der Waals surface area contributed by atoms with Crippen LogP contribution in [0.4, 0.5) is 0 Å². The van der Waals surface area contributed by atoms with E-state index < -0.39 is 8.32 Å². The monoisotopic (exact) mass is 240 g/mol. The summed E-state index contributed by atoms with van der Waals surface area (Å²) >= 11 is 0. The van der Waals surface area contributed by atoms with Gasteiger partial charge in [-0.1, -0.05) is 32.9 Å². The van der Waals surface area contributed by atoms with Crippen molar-refractivity contribution in [3.05, 3.63) is 12.2 Å². The molecule has 0 bridgehead atoms. The first-order valence-corrected chi connectivity index (χ1v) is 9.56. The average Bonchev–Trinajstić information content (AvgIpc) is 2.07. The molecule has 1 aliphatic carbocycles. The van der Waals surface area contributed by atoms with Crippen LogP contribution in [0.2, 0.25) is 18.1 Å². The second kappa shape index (κ2) is 5.50. The van der Waals surface area contributed by atoms with Gasteiger partial charge in [0.1, 0.15) is 0 Å². The Morgan fingerprint density at radius 1 is 1.06 bits per heavy atom. The van der Waals surface area contributed by atoms with Crippen LogP contribution in [0.1, 0.15) is 52.9 Å². The summed E-state index contributed by atoms with van der Waals surface area (Å²) in [6.07, 6.45) is 11.3. The molecule has 0 aliphatic heterocycles. The molecule has 2 heteroatoms. The average molecular weight is 240 g/mol. The van der Waals surface area contributed by atoms with Crippen LogP contribution in [-0.4, -0.2) is 14.4 Å². The van der Waals surface area contributed by atoms with E-state index in [9.17, 15) is 0 Å². The molecule has 0 aromatic rings. The molecule has 0 heterocycles. The zero-order chi connectivity index (χ0) is 12.2. The number of hydrogen-bond acceptors (Lipinski definition) is 1. The van der Waals surface area contributed by atoms with Crippen molar-refractivity contribution >= 4 is 8.32 Å². The van der Waals surface area contributed by atoms with Gasteiger partial charge in [0, 0.05) is 6.10 Å². The van der Waals surface area contributed by atoms with Crippen LogP contribution in [0.25, 0.3) is 0 Å². The number of allylic oxidation sites excluding steroid dienone is 2. The summed E-state index contributed by atoms with van der Waals surface area (Å²) < 4.78 is 6.48. The fourth-order valence-corrected chi connectivity index (χ4v) is 3.26. The zero-order valence-electron chi connectivity index (χ0n) is 11.7. The van der Waals surface area contributed by atoms with Gasteiger partial charge in [-0.05, 0) is 50.2 Å². The highest BCUT2D eigenvalue weighted by atomic mass is 28.4. The van der Waals surface area contributed by atoms with E-state index in [2.05, 4.69) is 46.0 Å². The highest BCUT2D eigenvalue weighted by Gasteiger charge is 2.38. The molecule has 1 unspecified atom stereocenters. The number of rotatable bonds is 2. The lowest BCUT2D eigenvalue weighted by molar-refractivity contribution is 0.159. The normalized spacial score (nSPS) is 23.9. The summed E-state index contributed by atoms with van der Waals surface area (Å²) in [6, 6.07) is 0. The summed E-state index contributed by atoms with van der Waals surface area (Å²) in [5, 5.41) is 0.338. The highest BCUT2D eigenvalue weighted by Crippen LogP contribution is 2.38. The van der Waals surface area contributed by atoms with E-state index in [-0.39, 0.29) is 0 Å². The Morgan fingerprint density at radius 2 is 1.69 bits per heavy atom. The Balaban J connectivity index is 2.55. The van der Waals surface area contributed by atoms with Gasteiger partial charge in [-0.2, -0.15) is 0 Å². The molecule has 1 atom stereocenters. The predicted molar refractivity (Wildman–Crippen MR) is 74.3 cm³/mol. The van der Waals surface area contributed by atoms with Gasteiger partial charge >= 0.3 is 0 Å². The molecule has 94 valence electrons. The Labute approximate surface area is 102 Å². The van der Waals surface area contributed by atoms with E-state index in [0.29, 0.717) is 11.1 Å². The maximum Gasteiger partial charge on any atom is 0.192 e. The largest absolute Gasteiger partial charge is 0.414 e. The molecule has 1 nitrogen and oxygen atoms in total. The molecule has 0 fully saturated rings. The van der Waals surface area contributed by atoms with E-state index >= 15 is 0 Å². The second-order valence-electron chi connectivity index (χ2n) is 6.48. The van der Waals surface area contributed by atoms with E-state index in [0.717, 1.165) is 0 Å².